The summed E-state index contributed by atoms with van der Waals surface area (Å²) in [6.07, 6.45) is 3.33. The van der Waals surface area contributed by atoms with E-state index in [2.05, 4.69) is 15.6 Å². The van der Waals surface area contributed by atoms with Crippen LogP contribution < -0.4 is 15.5 Å². The molecule has 2 aromatic heterocycles. The van der Waals surface area contributed by atoms with Gasteiger partial charge in [-0.15, -0.1) is 0 Å². The van der Waals surface area contributed by atoms with Crippen LogP contribution in [-0.2, 0) is 0 Å². The molecule has 1 aromatic carbocycles. The van der Waals surface area contributed by atoms with E-state index in [1.54, 1.807) is 16.8 Å². The number of nitrogens with zero attached hydrogens (tertiary/aromatic N) is 3. The van der Waals surface area contributed by atoms with E-state index in [9.17, 15) is 13.6 Å². The molecule has 0 bridgehead atoms. The number of aromatic nitrogens is 2. The Labute approximate surface area is 171 Å². The van der Waals surface area contributed by atoms with Crippen molar-refractivity contribution in [2.75, 3.05) is 29.9 Å². The lowest BCUT2D eigenvalue weighted by Crippen LogP contribution is -2.49. The molecular formula is C20H20ClF2N5O. The van der Waals surface area contributed by atoms with E-state index in [4.69, 9.17) is 11.6 Å². The fourth-order valence-corrected chi connectivity index (χ4v) is 3.82. The highest BCUT2D eigenvalue weighted by Gasteiger charge is 2.23. The number of rotatable bonds is 3. The van der Waals surface area contributed by atoms with Crippen LogP contribution in [0.25, 0.3) is 5.65 Å². The molecule has 2 N–H and O–H groups in total. The third-order valence-electron chi connectivity index (χ3n) is 4.87. The summed E-state index contributed by atoms with van der Waals surface area (Å²) in [7, 11) is 0. The predicted molar refractivity (Wildman–Crippen MR) is 109 cm³/mol. The molecule has 1 unspecified atom stereocenters. The topological polar surface area (TPSA) is 61.7 Å². The first kappa shape index (κ1) is 19.6. The lowest BCUT2D eigenvalue weighted by atomic mass is 10.1. The second-order valence-corrected chi connectivity index (χ2v) is 7.64. The van der Waals surface area contributed by atoms with Crippen molar-refractivity contribution >= 4 is 34.5 Å². The van der Waals surface area contributed by atoms with E-state index in [0.717, 1.165) is 12.2 Å². The number of carbonyl (C=O) groups is 1. The maximum atomic E-state index is 14.7. The van der Waals surface area contributed by atoms with Gasteiger partial charge in [-0.25, -0.2) is 13.8 Å². The Balaban J connectivity index is 1.60. The maximum Gasteiger partial charge on any atom is 0.261 e. The van der Waals surface area contributed by atoms with Crippen molar-refractivity contribution in [2.45, 2.75) is 19.9 Å². The van der Waals surface area contributed by atoms with Crippen molar-refractivity contribution in [3.05, 3.63) is 58.5 Å². The quantitative estimate of drug-likeness (QED) is 0.680. The highest BCUT2D eigenvalue weighted by Crippen LogP contribution is 2.26. The molecule has 1 amide bonds. The summed E-state index contributed by atoms with van der Waals surface area (Å²) in [4.78, 5) is 18.7. The summed E-state index contributed by atoms with van der Waals surface area (Å²) in [6, 6.07) is 4.11. The fourth-order valence-electron chi connectivity index (χ4n) is 3.57. The molecule has 0 spiro atoms. The minimum absolute atomic E-state index is 0.212. The average Bonchev–Trinajstić information content (AvgIpc) is 3.02. The zero-order chi connectivity index (χ0) is 20.7. The summed E-state index contributed by atoms with van der Waals surface area (Å²) in [5.41, 5.74) is 1.39. The lowest BCUT2D eigenvalue weighted by molar-refractivity contribution is 0.101. The lowest BCUT2D eigenvalue weighted by Gasteiger charge is -2.33. The zero-order valence-electron chi connectivity index (χ0n) is 16.0. The van der Waals surface area contributed by atoms with Crippen LogP contribution in [0.15, 0.2) is 30.6 Å². The van der Waals surface area contributed by atoms with Gasteiger partial charge in [-0.2, -0.15) is 0 Å². The third-order valence-corrected chi connectivity index (χ3v) is 5.15. The number of aryl methyl sites for hydroxylation is 1. The number of hydrogen-bond donors (Lipinski definition) is 2. The molecule has 3 aromatic rings. The van der Waals surface area contributed by atoms with Gasteiger partial charge in [0.15, 0.2) is 5.65 Å². The van der Waals surface area contributed by atoms with Crippen LogP contribution in [0.2, 0.25) is 5.02 Å². The second-order valence-electron chi connectivity index (χ2n) is 7.23. The van der Waals surface area contributed by atoms with Crippen LogP contribution in [0, 0.1) is 18.6 Å². The number of amides is 1. The van der Waals surface area contributed by atoms with Gasteiger partial charge in [0.1, 0.15) is 17.2 Å². The Morgan fingerprint density at radius 2 is 2.00 bits per heavy atom. The molecule has 0 aliphatic carbocycles. The van der Waals surface area contributed by atoms with Gasteiger partial charge in [0.05, 0.1) is 16.4 Å². The summed E-state index contributed by atoms with van der Waals surface area (Å²) >= 11 is 6.19. The molecule has 3 heterocycles. The van der Waals surface area contributed by atoms with Gasteiger partial charge in [-0.1, -0.05) is 11.6 Å². The maximum absolute atomic E-state index is 14.7. The van der Waals surface area contributed by atoms with E-state index in [1.165, 1.54) is 18.2 Å². The molecule has 1 aliphatic heterocycles. The van der Waals surface area contributed by atoms with E-state index in [-0.39, 0.29) is 6.04 Å². The normalized spacial score (nSPS) is 17.0. The van der Waals surface area contributed by atoms with Crippen molar-refractivity contribution in [1.29, 1.82) is 0 Å². The van der Waals surface area contributed by atoms with E-state index in [1.807, 2.05) is 18.7 Å². The van der Waals surface area contributed by atoms with Gasteiger partial charge >= 0.3 is 0 Å². The van der Waals surface area contributed by atoms with E-state index in [0.29, 0.717) is 35.1 Å². The van der Waals surface area contributed by atoms with Crippen LogP contribution in [0.1, 0.15) is 23.0 Å². The number of pyridine rings is 1. The minimum atomic E-state index is -0.908. The average molecular weight is 420 g/mol. The molecule has 1 aliphatic rings. The molecule has 0 radical (unpaired) electrons. The number of nitrogens with one attached hydrogen (secondary N) is 2. The van der Waals surface area contributed by atoms with Crippen molar-refractivity contribution in [3.63, 3.8) is 0 Å². The first-order valence-electron chi connectivity index (χ1n) is 9.25. The Morgan fingerprint density at radius 1 is 1.28 bits per heavy atom. The molecule has 1 saturated heterocycles. The Morgan fingerprint density at radius 3 is 2.69 bits per heavy atom. The van der Waals surface area contributed by atoms with Gasteiger partial charge in [0, 0.05) is 43.8 Å². The number of fused-ring (bicyclic) bond motifs is 1. The van der Waals surface area contributed by atoms with Gasteiger partial charge < -0.3 is 19.9 Å². The van der Waals surface area contributed by atoms with Crippen LogP contribution in [0.3, 0.4) is 0 Å². The van der Waals surface area contributed by atoms with Crippen LogP contribution in [0.4, 0.5) is 20.2 Å². The van der Waals surface area contributed by atoms with Crippen LogP contribution >= 0.6 is 11.6 Å². The Kier molecular flexibility index (Phi) is 5.14. The summed E-state index contributed by atoms with van der Waals surface area (Å²) in [5, 5.41) is 6.11. The number of benzene rings is 1. The molecular weight excluding hydrogens is 400 g/mol. The monoisotopic (exact) mass is 419 g/mol. The molecule has 9 heteroatoms. The number of halogens is 3. The first-order chi connectivity index (χ1) is 13.8. The molecule has 0 saturated carbocycles. The number of hydrogen-bond acceptors (Lipinski definition) is 4. The molecule has 6 nitrogen and oxygen atoms in total. The van der Waals surface area contributed by atoms with E-state index < -0.39 is 23.1 Å². The van der Waals surface area contributed by atoms with Crippen molar-refractivity contribution < 1.29 is 13.6 Å². The highest BCUT2D eigenvalue weighted by atomic mass is 35.5. The summed E-state index contributed by atoms with van der Waals surface area (Å²) < 4.78 is 31.0. The standard InChI is InChI=1S/C20H20ClF2N5O/c1-11-8-27(4-3-24-11)14-6-16(22)18(17(23)7-14)20(29)26-13-5-15(21)19-25-12(2)9-28(19)10-13/h5-7,9-11,24H,3-4,8H2,1-2H3,(H,26,29). The second kappa shape index (κ2) is 7.61. The predicted octanol–water partition coefficient (Wildman–Crippen LogP) is 3.62. The number of imidazole rings is 1. The van der Waals surface area contributed by atoms with Crippen molar-refractivity contribution in [2.24, 2.45) is 0 Å². The molecule has 1 atom stereocenters. The molecule has 152 valence electrons. The smallest absolute Gasteiger partial charge is 0.261 e. The first-order valence-corrected chi connectivity index (χ1v) is 9.63. The van der Waals surface area contributed by atoms with Gasteiger partial charge in [-0.05, 0) is 32.0 Å². The van der Waals surface area contributed by atoms with Gasteiger partial charge in [0.2, 0.25) is 0 Å². The SMILES string of the molecule is Cc1cn2cc(NC(=O)c3c(F)cc(N4CCNC(C)C4)cc3F)cc(Cl)c2n1. The molecule has 1 fully saturated rings. The van der Waals surface area contributed by atoms with Crippen LogP contribution in [0.5, 0.6) is 0 Å². The summed E-state index contributed by atoms with van der Waals surface area (Å²) in [6.45, 7) is 5.81. The number of anilines is 2. The third kappa shape index (κ3) is 3.90. The Hall–Kier alpha value is -2.71. The zero-order valence-corrected chi connectivity index (χ0v) is 16.7. The summed E-state index contributed by atoms with van der Waals surface area (Å²) in [5.74, 6) is -2.70. The minimum Gasteiger partial charge on any atom is -0.369 e. The molecule has 29 heavy (non-hydrogen) atoms. The fraction of sp³-hybridized carbons (Fsp3) is 0.300. The number of piperazine rings is 1. The largest absolute Gasteiger partial charge is 0.369 e. The molecule has 4 rings (SSSR count). The van der Waals surface area contributed by atoms with E-state index >= 15 is 0 Å². The Bertz CT molecular complexity index is 1080. The van der Waals surface area contributed by atoms with Gasteiger partial charge in [-0.3, -0.25) is 4.79 Å². The number of carbonyl (C=O) groups excluding carboxylic acids is 1. The van der Waals surface area contributed by atoms with Crippen molar-refractivity contribution in [3.8, 4) is 0 Å². The van der Waals surface area contributed by atoms with Crippen molar-refractivity contribution in [1.82, 2.24) is 14.7 Å². The van der Waals surface area contributed by atoms with Gasteiger partial charge in [0.25, 0.3) is 5.91 Å². The van der Waals surface area contributed by atoms with Crippen LogP contribution in [-0.4, -0.2) is 41.0 Å². The highest BCUT2D eigenvalue weighted by molar-refractivity contribution is 6.33.